The van der Waals surface area contributed by atoms with Gasteiger partial charge in [-0.05, 0) is 39.7 Å². The van der Waals surface area contributed by atoms with Gasteiger partial charge in [0.15, 0.2) is 11.8 Å². The first-order valence-electron chi connectivity index (χ1n) is 9.38. The van der Waals surface area contributed by atoms with Gasteiger partial charge in [-0.1, -0.05) is 0 Å². The smallest absolute Gasteiger partial charge is 0.191 e. The molecule has 2 aromatic heterocycles. The number of methoxy groups -OCH3 is 1. The Morgan fingerprint density at radius 1 is 1.14 bits per heavy atom. The third kappa shape index (κ3) is 7.74. The molecule has 0 radical (unpaired) electrons. The van der Waals surface area contributed by atoms with E-state index in [1.807, 2.05) is 30.1 Å². The van der Waals surface area contributed by atoms with Gasteiger partial charge in [-0.25, -0.2) is 4.99 Å². The minimum Gasteiger partial charge on any atom is -0.385 e. The number of guanidine groups is 1. The molecule has 9 nitrogen and oxygen atoms in total. The highest BCUT2D eigenvalue weighted by Crippen LogP contribution is 2.02. The zero-order valence-corrected chi connectivity index (χ0v) is 19.9. The molecule has 0 amide bonds. The van der Waals surface area contributed by atoms with E-state index in [0.717, 1.165) is 62.4 Å². The minimum absolute atomic E-state index is 0. The molecule has 0 aliphatic heterocycles. The van der Waals surface area contributed by atoms with E-state index < -0.39 is 0 Å². The van der Waals surface area contributed by atoms with Crippen molar-refractivity contribution in [1.82, 2.24) is 35.2 Å². The van der Waals surface area contributed by atoms with Crippen LogP contribution in [-0.2, 0) is 24.9 Å². The Morgan fingerprint density at radius 3 is 2.43 bits per heavy atom. The molecule has 0 aliphatic carbocycles. The number of hydrogen-bond donors (Lipinski definition) is 2. The monoisotopic (exact) mass is 504 g/mol. The number of aliphatic imine (C=N–C) groups is 1. The fraction of sp³-hybridized carbons (Fsp3) is 0.667. The summed E-state index contributed by atoms with van der Waals surface area (Å²) >= 11 is 0. The third-order valence-electron chi connectivity index (χ3n) is 4.32. The molecule has 2 aromatic rings. The molecule has 0 aromatic carbocycles. The molecular weight excluding hydrogens is 471 g/mol. The van der Waals surface area contributed by atoms with Crippen LogP contribution in [0.25, 0.3) is 0 Å². The second kappa shape index (κ2) is 12.7. The van der Waals surface area contributed by atoms with E-state index in [0.29, 0.717) is 6.54 Å². The van der Waals surface area contributed by atoms with Crippen LogP contribution in [0.4, 0.5) is 0 Å². The summed E-state index contributed by atoms with van der Waals surface area (Å²) < 4.78 is 9.10. The van der Waals surface area contributed by atoms with Gasteiger partial charge in [0.05, 0.1) is 5.69 Å². The van der Waals surface area contributed by atoms with Gasteiger partial charge in [-0.2, -0.15) is 5.10 Å². The van der Waals surface area contributed by atoms with Crippen molar-refractivity contribution in [3.8, 4) is 0 Å². The molecule has 10 heteroatoms. The number of hydrogen-bond acceptors (Lipinski definition) is 5. The van der Waals surface area contributed by atoms with Gasteiger partial charge in [-0.15, -0.1) is 34.2 Å². The largest absolute Gasteiger partial charge is 0.385 e. The Bertz CT molecular complexity index is 740. The van der Waals surface area contributed by atoms with E-state index >= 15 is 0 Å². The van der Waals surface area contributed by atoms with Gasteiger partial charge in [0, 0.05) is 46.1 Å². The molecule has 0 unspecified atom stereocenters. The van der Waals surface area contributed by atoms with Crippen molar-refractivity contribution in [3.63, 3.8) is 0 Å². The van der Waals surface area contributed by atoms with Crippen molar-refractivity contribution in [2.24, 2.45) is 12.0 Å². The summed E-state index contributed by atoms with van der Waals surface area (Å²) in [6.07, 6.45) is 1.88. The van der Waals surface area contributed by atoms with Gasteiger partial charge < -0.3 is 19.9 Å². The lowest BCUT2D eigenvalue weighted by Gasteiger charge is -2.13. The van der Waals surface area contributed by atoms with Crippen LogP contribution in [-0.4, -0.2) is 57.3 Å². The number of rotatable bonds is 10. The Kier molecular flexibility index (Phi) is 11.0. The van der Waals surface area contributed by atoms with Crippen LogP contribution in [0.2, 0.25) is 0 Å². The van der Waals surface area contributed by atoms with Crippen LogP contribution >= 0.6 is 24.0 Å². The van der Waals surface area contributed by atoms with Crippen LogP contribution in [0.15, 0.2) is 11.1 Å². The number of nitrogens with zero attached hydrogens (tertiary/aromatic N) is 6. The molecule has 0 saturated carbocycles. The molecule has 0 spiro atoms. The fourth-order valence-electron chi connectivity index (χ4n) is 2.67. The number of aryl methyl sites for hydroxylation is 4. The fourth-order valence-corrected chi connectivity index (χ4v) is 2.67. The molecule has 0 saturated heterocycles. The van der Waals surface area contributed by atoms with Gasteiger partial charge in [-0.3, -0.25) is 4.68 Å². The summed E-state index contributed by atoms with van der Waals surface area (Å²) in [6.45, 7) is 9.73. The highest BCUT2D eigenvalue weighted by atomic mass is 127. The zero-order chi connectivity index (χ0) is 19.6. The predicted molar refractivity (Wildman–Crippen MR) is 121 cm³/mol. The van der Waals surface area contributed by atoms with Gasteiger partial charge in [0.25, 0.3) is 0 Å². The lowest BCUT2D eigenvalue weighted by molar-refractivity contribution is 0.195. The van der Waals surface area contributed by atoms with Gasteiger partial charge in [0.1, 0.15) is 12.4 Å². The first-order valence-corrected chi connectivity index (χ1v) is 9.38. The summed E-state index contributed by atoms with van der Waals surface area (Å²) in [7, 11) is 3.66. The standard InChI is InChI=1S/C18H32N8O.HI/c1-14-12-15(2)26(24-14)10-6-8-19-18(20-9-7-11-27-5)21-13-17-23-22-16(3)25(17)4;/h12H,6-11,13H2,1-5H3,(H2,19,20,21);1H. The summed E-state index contributed by atoms with van der Waals surface area (Å²) in [6, 6.07) is 2.10. The molecular formula is C18H33IN8O. The zero-order valence-electron chi connectivity index (χ0n) is 17.5. The maximum Gasteiger partial charge on any atom is 0.191 e. The Morgan fingerprint density at radius 2 is 1.86 bits per heavy atom. The summed E-state index contributed by atoms with van der Waals surface area (Å²) in [5.74, 6) is 2.50. The SMILES string of the molecule is COCCCNC(=NCc1nnc(C)n1C)NCCCn1nc(C)cc1C.I. The average Bonchev–Trinajstić information content (AvgIpc) is 3.13. The van der Waals surface area contributed by atoms with Crippen LogP contribution in [0.5, 0.6) is 0 Å². The number of nitrogens with one attached hydrogen (secondary N) is 2. The second-order valence-electron chi connectivity index (χ2n) is 6.59. The van der Waals surface area contributed by atoms with E-state index in [1.54, 1.807) is 7.11 Å². The molecule has 2 N–H and O–H groups in total. The molecule has 0 atom stereocenters. The quantitative estimate of drug-likeness (QED) is 0.222. The normalized spacial score (nSPS) is 11.4. The predicted octanol–water partition coefficient (Wildman–Crippen LogP) is 1.72. The lowest BCUT2D eigenvalue weighted by atomic mass is 10.4. The number of halogens is 1. The molecule has 0 fully saturated rings. The highest BCUT2D eigenvalue weighted by molar-refractivity contribution is 14.0. The van der Waals surface area contributed by atoms with Crippen LogP contribution in [0.3, 0.4) is 0 Å². The van der Waals surface area contributed by atoms with E-state index in [1.165, 1.54) is 5.69 Å². The molecule has 158 valence electrons. The van der Waals surface area contributed by atoms with Crippen molar-refractivity contribution in [3.05, 3.63) is 29.1 Å². The van der Waals surface area contributed by atoms with E-state index in [2.05, 4.69) is 43.9 Å². The van der Waals surface area contributed by atoms with Crippen molar-refractivity contribution in [1.29, 1.82) is 0 Å². The van der Waals surface area contributed by atoms with E-state index in [4.69, 9.17) is 4.74 Å². The van der Waals surface area contributed by atoms with Crippen LogP contribution < -0.4 is 10.6 Å². The molecule has 2 heterocycles. The van der Waals surface area contributed by atoms with E-state index in [-0.39, 0.29) is 24.0 Å². The molecule has 0 bridgehead atoms. The third-order valence-corrected chi connectivity index (χ3v) is 4.32. The minimum atomic E-state index is 0. The van der Waals surface area contributed by atoms with Gasteiger partial charge in [0.2, 0.25) is 0 Å². The Hall–Kier alpha value is -1.69. The topological polar surface area (TPSA) is 94.2 Å². The summed E-state index contributed by atoms with van der Waals surface area (Å²) in [5.41, 5.74) is 2.25. The average molecular weight is 504 g/mol. The summed E-state index contributed by atoms with van der Waals surface area (Å²) in [5, 5.41) is 19.5. The highest BCUT2D eigenvalue weighted by Gasteiger charge is 2.05. The molecule has 28 heavy (non-hydrogen) atoms. The van der Waals surface area contributed by atoms with Crippen molar-refractivity contribution in [2.45, 2.75) is 46.7 Å². The molecule has 2 rings (SSSR count). The van der Waals surface area contributed by atoms with Gasteiger partial charge >= 0.3 is 0 Å². The maximum absolute atomic E-state index is 5.10. The summed E-state index contributed by atoms with van der Waals surface area (Å²) in [4.78, 5) is 4.64. The van der Waals surface area contributed by atoms with E-state index in [9.17, 15) is 0 Å². The second-order valence-corrected chi connectivity index (χ2v) is 6.59. The first kappa shape index (κ1) is 24.3. The maximum atomic E-state index is 5.10. The number of ether oxygens (including phenoxy) is 1. The lowest BCUT2D eigenvalue weighted by Crippen LogP contribution is -2.39. The molecule has 0 aliphatic rings. The van der Waals surface area contributed by atoms with Crippen LogP contribution in [0, 0.1) is 20.8 Å². The number of aromatic nitrogens is 5. The van der Waals surface area contributed by atoms with Crippen molar-refractivity contribution in [2.75, 3.05) is 26.8 Å². The van der Waals surface area contributed by atoms with Crippen molar-refractivity contribution < 1.29 is 4.74 Å². The first-order chi connectivity index (χ1) is 13.0. The Balaban J connectivity index is 0.00000392. The van der Waals surface area contributed by atoms with Crippen LogP contribution in [0.1, 0.15) is 35.9 Å². The Labute approximate surface area is 184 Å². The van der Waals surface area contributed by atoms with Crippen molar-refractivity contribution >= 4 is 29.9 Å².